The average molecular weight is 220 g/mol. The quantitative estimate of drug-likeness (QED) is 0.765. The summed E-state index contributed by atoms with van der Waals surface area (Å²) in [5, 5.41) is 8.81. The Hall–Kier alpha value is -1.84. The molecule has 1 heterocycles. The van der Waals surface area contributed by atoms with E-state index in [-0.39, 0.29) is 6.42 Å². The lowest BCUT2D eigenvalue weighted by molar-refractivity contribution is -0.147. The van der Waals surface area contributed by atoms with Crippen LogP contribution in [-0.2, 0) is 22.4 Å². The van der Waals surface area contributed by atoms with Crippen LogP contribution < -0.4 is 0 Å². The van der Waals surface area contributed by atoms with Crippen LogP contribution in [0.25, 0.3) is 0 Å². The van der Waals surface area contributed by atoms with Gasteiger partial charge in [0.2, 0.25) is 6.10 Å². The van der Waals surface area contributed by atoms with Crippen molar-refractivity contribution in [2.75, 3.05) is 0 Å². The van der Waals surface area contributed by atoms with Crippen LogP contribution in [0.15, 0.2) is 18.2 Å². The van der Waals surface area contributed by atoms with Crippen molar-refractivity contribution in [3.05, 3.63) is 34.9 Å². The molecule has 1 N–H and O–H groups in total. The summed E-state index contributed by atoms with van der Waals surface area (Å²) in [6, 6.07) is 5.50. The number of fused-ring (bicyclic) bond motifs is 1. The van der Waals surface area contributed by atoms with Gasteiger partial charge in [-0.2, -0.15) is 0 Å². The van der Waals surface area contributed by atoms with E-state index in [0.717, 1.165) is 17.5 Å². The lowest BCUT2D eigenvalue weighted by Gasteiger charge is -2.21. The van der Waals surface area contributed by atoms with Gasteiger partial charge in [-0.15, -0.1) is 0 Å². The maximum atomic E-state index is 11.6. The molecular formula is C12H12O4. The molecule has 0 fully saturated rings. The second-order valence-corrected chi connectivity index (χ2v) is 3.78. The molecule has 1 aromatic carbocycles. The second kappa shape index (κ2) is 3.96. The summed E-state index contributed by atoms with van der Waals surface area (Å²) in [6.07, 6.45) is 0.0380. The molecule has 1 aromatic rings. The zero-order valence-corrected chi connectivity index (χ0v) is 8.90. The van der Waals surface area contributed by atoms with E-state index in [1.807, 2.05) is 19.1 Å². The predicted molar refractivity (Wildman–Crippen MR) is 56.4 cm³/mol. The molecule has 4 nitrogen and oxygen atoms in total. The third-order valence-corrected chi connectivity index (χ3v) is 2.73. The fourth-order valence-corrected chi connectivity index (χ4v) is 1.78. The van der Waals surface area contributed by atoms with Crippen molar-refractivity contribution in [2.45, 2.75) is 25.9 Å². The Balaban J connectivity index is 2.38. The third-order valence-electron chi connectivity index (χ3n) is 2.73. The fourth-order valence-electron chi connectivity index (χ4n) is 1.78. The monoisotopic (exact) mass is 220 g/mol. The van der Waals surface area contributed by atoms with Crippen molar-refractivity contribution in [1.29, 1.82) is 0 Å². The van der Waals surface area contributed by atoms with Crippen molar-refractivity contribution < 1.29 is 19.4 Å². The molecule has 0 saturated heterocycles. The van der Waals surface area contributed by atoms with Gasteiger partial charge >= 0.3 is 11.9 Å². The first-order valence-electron chi connectivity index (χ1n) is 5.17. The van der Waals surface area contributed by atoms with Crippen LogP contribution in [0.5, 0.6) is 0 Å². The highest BCUT2D eigenvalue weighted by Crippen LogP contribution is 2.22. The molecule has 0 saturated carbocycles. The summed E-state index contributed by atoms with van der Waals surface area (Å²) < 4.78 is 4.84. The molecule has 16 heavy (non-hydrogen) atoms. The first-order chi connectivity index (χ1) is 7.61. The van der Waals surface area contributed by atoms with Gasteiger partial charge in [0.15, 0.2) is 0 Å². The zero-order valence-electron chi connectivity index (χ0n) is 8.90. The number of cyclic esters (lactones) is 1. The number of carboxylic acids is 1. The molecule has 0 aliphatic carbocycles. The highest BCUT2D eigenvalue weighted by atomic mass is 16.6. The maximum Gasteiger partial charge on any atom is 0.345 e. The minimum Gasteiger partial charge on any atom is -0.478 e. The van der Waals surface area contributed by atoms with Crippen molar-refractivity contribution >= 4 is 11.9 Å². The van der Waals surface area contributed by atoms with Crippen LogP contribution in [-0.4, -0.2) is 23.1 Å². The largest absolute Gasteiger partial charge is 0.478 e. The van der Waals surface area contributed by atoms with E-state index in [4.69, 9.17) is 9.84 Å². The Morgan fingerprint density at radius 1 is 1.56 bits per heavy atom. The summed E-state index contributed by atoms with van der Waals surface area (Å²) in [6.45, 7) is 2.00. The summed E-state index contributed by atoms with van der Waals surface area (Å²) in [4.78, 5) is 22.3. The molecule has 0 radical (unpaired) electrons. The molecule has 0 bridgehead atoms. The van der Waals surface area contributed by atoms with Crippen LogP contribution in [0, 0.1) is 0 Å². The van der Waals surface area contributed by atoms with Crippen molar-refractivity contribution in [3.8, 4) is 0 Å². The Bertz CT molecular complexity index is 450. The smallest absolute Gasteiger partial charge is 0.345 e. The first kappa shape index (κ1) is 10.7. The second-order valence-electron chi connectivity index (χ2n) is 3.78. The number of hydrogen-bond donors (Lipinski definition) is 1. The van der Waals surface area contributed by atoms with Gasteiger partial charge < -0.3 is 9.84 Å². The van der Waals surface area contributed by atoms with Crippen LogP contribution >= 0.6 is 0 Å². The molecule has 0 amide bonds. The molecule has 0 unspecified atom stereocenters. The van der Waals surface area contributed by atoms with Gasteiger partial charge in [0.1, 0.15) is 0 Å². The van der Waals surface area contributed by atoms with E-state index < -0.39 is 18.0 Å². The summed E-state index contributed by atoms with van der Waals surface area (Å²) in [7, 11) is 0. The van der Waals surface area contributed by atoms with Gasteiger partial charge in [0, 0.05) is 6.42 Å². The van der Waals surface area contributed by atoms with Crippen LogP contribution in [0.4, 0.5) is 0 Å². The molecule has 1 aliphatic rings. The molecular weight excluding hydrogens is 208 g/mol. The van der Waals surface area contributed by atoms with Crippen molar-refractivity contribution in [3.63, 3.8) is 0 Å². The maximum absolute atomic E-state index is 11.6. The Kier molecular flexibility index (Phi) is 2.64. The minimum atomic E-state index is -1.10. The molecule has 4 heteroatoms. The van der Waals surface area contributed by atoms with Crippen molar-refractivity contribution in [2.24, 2.45) is 0 Å². The fraction of sp³-hybridized carbons (Fsp3) is 0.333. The third kappa shape index (κ3) is 1.78. The number of carbonyl (C=O) groups excluding carboxylic acids is 1. The lowest BCUT2D eigenvalue weighted by Crippen LogP contribution is -2.34. The van der Waals surface area contributed by atoms with Gasteiger partial charge in [0.05, 0.1) is 5.56 Å². The van der Waals surface area contributed by atoms with E-state index in [9.17, 15) is 9.59 Å². The van der Waals surface area contributed by atoms with Gasteiger partial charge in [-0.05, 0) is 23.6 Å². The van der Waals surface area contributed by atoms with Gasteiger partial charge in [-0.1, -0.05) is 19.1 Å². The van der Waals surface area contributed by atoms with Crippen LogP contribution in [0.2, 0.25) is 0 Å². The van der Waals surface area contributed by atoms with Gasteiger partial charge in [-0.3, -0.25) is 0 Å². The van der Waals surface area contributed by atoms with E-state index >= 15 is 0 Å². The molecule has 2 rings (SSSR count). The topological polar surface area (TPSA) is 63.6 Å². The Morgan fingerprint density at radius 3 is 2.94 bits per heavy atom. The number of rotatable bonds is 2. The normalized spacial score (nSPS) is 18.8. The zero-order chi connectivity index (χ0) is 11.7. The number of aliphatic carboxylic acids is 1. The molecule has 1 atom stereocenters. The standard InChI is InChI=1S/C12H12O4/c1-2-7-3-4-8-6-10(11(13)14)16-12(15)9(8)5-7/h3-5,10H,2,6H2,1H3,(H,13,14)/t10-/m0/s1. The average Bonchev–Trinajstić information content (AvgIpc) is 2.28. The van der Waals surface area contributed by atoms with E-state index in [0.29, 0.717) is 5.56 Å². The first-order valence-corrected chi connectivity index (χ1v) is 5.17. The molecule has 0 spiro atoms. The molecule has 1 aliphatic heterocycles. The number of carboxylic acid groups (broad SMARTS) is 1. The minimum absolute atomic E-state index is 0.250. The Labute approximate surface area is 92.8 Å². The molecule has 0 aromatic heterocycles. The van der Waals surface area contributed by atoms with Gasteiger partial charge in [-0.25, -0.2) is 9.59 Å². The number of ether oxygens (including phenoxy) is 1. The number of benzene rings is 1. The van der Waals surface area contributed by atoms with E-state index in [2.05, 4.69) is 0 Å². The summed E-state index contributed by atoms with van der Waals surface area (Å²) in [5.41, 5.74) is 2.29. The van der Waals surface area contributed by atoms with Crippen LogP contribution in [0.3, 0.4) is 0 Å². The lowest BCUT2D eigenvalue weighted by atomic mass is 9.96. The highest BCUT2D eigenvalue weighted by Gasteiger charge is 2.30. The van der Waals surface area contributed by atoms with E-state index in [1.165, 1.54) is 0 Å². The van der Waals surface area contributed by atoms with Crippen LogP contribution in [0.1, 0.15) is 28.4 Å². The summed E-state index contributed by atoms with van der Waals surface area (Å²) in [5.74, 6) is -1.64. The van der Waals surface area contributed by atoms with Crippen molar-refractivity contribution in [1.82, 2.24) is 0 Å². The number of hydrogen-bond acceptors (Lipinski definition) is 3. The molecule has 84 valence electrons. The highest BCUT2D eigenvalue weighted by molar-refractivity contribution is 5.94. The number of aryl methyl sites for hydroxylation is 1. The predicted octanol–water partition coefficient (Wildman–Crippen LogP) is 1.42. The van der Waals surface area contributed by atoms with E-state index in [1.54, 1.807) is 6.07 Å². The SMILES string of the molecule is CCc1ccc2c(c1)C(=O)O[C@H](C(=O)O)C2. The number of carbonyl (C=O) groups is 2. The number of esters is 1. The van der Waals surface area contributed by atoms with Gasteiger partial charge in [0.25, 0.3) is 0 Å². The summed E-state index contributed by atoms with van der Waals surface area (Å²) >= 11 is 0. The Morgan fingerprint density at radius 2 is 2.31 bits per heavy atom.